The number of hydrogen-bond acceptors (Lipinski definition) is 9. The lowest BCUT2D eigenvalue weighted by atomic mass is 10.1. The molecule has 0 radical (unpaired) electrons. The number of nitrogens with one attached hydrogen (secondary N) is 2. The lowest BCUT2D eigenvalue weighted by Gasteiger charge is -2.18. The van der Waals surface area contributed by atoms with Gasteiger partial charge in [-0.05, 0) is 54.7 Å². The molecule has 1 amide bonds. The fraction of sp³-hybridized carbons (Fsp3) is 0.276. The van der Waals surface area contributed by atoms with Crippen LogP contribution in [0.1, 0.15) is 27.8 Å². The molecule has 236 valence electrons. The highest BCUT2D eigenvalue weighted by Gasteiger charge is 2.31. The fourth-order valence-corrected chi connectivity index (χ4v) is 6.71. The summed E-state index contributed by atoms with van der Waals surface area (Å²) in [5, 5.41) is 2.19. The number of alkyl carbamates (subject to hydrolysis) is 1. The number of nitrogens with two attached hydrogens (primary N) is 1. The van der Waals surface area contributed by atoms with Gasteiger partial charge in [0.15, 0.2) is 0 Å². The Labute approximate surface area is 256 Å². The number of aryl methyl sites for hydroxylation is 1. The van der Waals surface area contributed by atoms with E-state index in [1.807, 2.05) is 4.72 Å². The first-order valence-electron chi connectivity index (χ1n) is 13.2. The average Bonchev–Trinajstić information content (AvgIpc) is 2.96. The number of esters is 1. The Morgan fingerprint density at radius 3 is 1.95 bits per heavy atom. The van der Waals surface area contributed by atoms with Crippen LogP contribution in [0.3, 0.4) is 0 Å². The Bertz CT molecular complexity index is 1730. The largest absolute Gasteiger partial charge is 0.496 e. The van der Waals surface area contributed by atoms with E-state index < -0.39 is 49.9 Å². The van der Waals surface area contributed by atoms with Crippen LogP contribution in [0.25, 0.3) is 0 Å². The van der Waals surface area contributed by atoms with Crippen LogP contribution in [0.15, 0.2) is 76.0 Å². The number of guanidine groups is 1. The summed E-state index contributed by atoms with van der Waals surface area (Å²) in [6.07, 6.45) is -1.09. The standard InChI is InChI=1S/C29H34N4O9S2/c1-19-15-25(40-4)20(2)21(3)26(19)44(38,39)33-28(30)32-43(36,37)18-24(27(34)41-16-22-11-7-5-8-12-22)31-29(35)42-17-23-13-9-6-10-14-23/h5-15,24H,16-18H2,1-4H3,(H,31,35)(H3,30,32,33)/t24-/m0/s1. The van der Waals surface area contributed by atoms with E-state index in [0.717, 1.165) is 0 Å². The molecule has 44 heavy (non-hydrogen) atoms. The van der Waals surface area contributed by atoms with Gasteiger partial charge in [0.2, 0.25) is 16.0 Å². The molecule has 0 bridgehead atoms. The summed E-state index contributed by atoms with van der Waals surface area (Å²) in [7, 11) is -7.61. The van der Waals surface area contributed by atoms with Crippen molar-refractivity contribution in [1.82, 2.24) is 10.0 Å². The van der Waals surface area contributed by atoms with Gasteiger partial charge >= 0.3 is 12.1 Å². The molecular weight excluding hydrogens is 612 g/mol. The molecule has 0 unspecified atom stereocenters. The summed E-state index contributed by atoms with van der Waals surface area (Å²) < 4.78 is 73.1. The van der Waals surface area contributed by atoms with Crippen LogP contribution < -0.4 is 20.5 Å². The molecule has 1 atom stereocenters. The number of methoxy groups -OCH3 is 1. The maximum Gasteiger partial charge on any atom is 0.408 e. The van der Waals surface area contributed by atoms with Gasteiger partial charge in [0.05, 0.1) is 12.0 Å². The van der Waals surface area contributed by atoms with Crippen molar-refractivity contribution in [1.29, 1.82) is 0 Å². The molecule has 15 heteroatoms. The van der Waals surface area contributed by atoms with Gasteiger partial charge in [-0.1, -0.05) is 60.7 Å². The van der Waals surface area contributed by atoms with Crippen molar-refractivity contribution in [2.45, 2.75) is 44.9 Å². The van der Waals surface area contributed by atoms with Gasteiger partial charge in [0, 0.05) is 0 Å². The molecule has 3 aromatic carbocycles. The molecule has 0 aliphatic carbocycles. The highest BCUT2D eigenvalue weighted by molar-refractivity contribution is 7.91. The molecule has 3 rings (SSSR count). The van der Waals surface area contributed by atoms with Gasteiger partial charge in [0.1, 0.15) is 30.8 Å². The van der Waals surface area contributed by atoms with Crippen molar-refractivity contribution in [2.24, 2.45) is 10.1 Å². The minimum Gasteiger partial charge on any atom is -0.496 e. The highest BCUT2D eigenvalue weighted by Crippen LogP contribution is 2.31. The van der Waals surface area contributed by atoms with Crippen molar-refractivity contribution in [3.63, 3.8) is 0 Å². The third kappa shape index (κ3) is 9.44. The number of benzene rings is 3. The zero-order chi connectivity index (χ0) is 32.5. The molecule has 0 aliphatic heterocycles. The van der Waals surface area contributed by atoms with Crippen LogP contribution in [0.5, 0.6) is 5.75 Å². The number of carbonyl (C=O) groups excluding carboxylic acids is 2. The molecule has 0 aromatic heterocycles. The second-order valence-electron chi connectivity index (χ2n) is 9.66. The monoisotopic (exact) mass is 646 g/mol. The molecule has 0 heterocycles. The van der Waals surface area contributed by atoms with Gasteiger partial charge in [-0.3, -0.25) is 4.72 Å². The SMILES string of the molecule is COc1cc(C)c(S(=O)(=O)/N=C(\N)NS(=O)(=O)C[C@H](NC(=O)OCc2ccccc2)C(=O)OCc2ccccc2)c(C)c1C. The summed E-state index contributed by atoms with van der Waals surface area (Å²) in [6, 6.07) is 17.0. The number of sulfonamides is 2. The van der Waals surface area contributed by atoms with Gasteiger partial charge in [-0.25, -0.2) is 18.0 Å². The van der Waals surface area contributed by atoms with E-state index in [1.165, 1.54) is 20.1 Å². The Balaban J connectivity index is 1.79. The molecule has 0 spiro atoms. The van der Waals surface area contributed by atoms with E-state index in [1.54, 1.807) is 74.5 Å². The summed E-state index contributed by atoms with van der Waals surface area (Å²) in [5.41, 5.74) is 8.19. The van der Waals surface area contributed by atoms with Crippen LogP contribution >= 0.6 is 0 Å². The van der Waals surface area contributed by atoms with Crippen molar-refractivity contribution >= 4 is 38.1 Å². The van der Waals surface area contributed by atoms with E-state index in [-0.39, 0.29) is 18.1 Å². The zero-order valence-corrected chi connectivity index (χ0v) is 26.2. The Morgan fingerprint density at radius 1 is 0.864 bits per heavy atom. The Morgan fingerprint density at radius 2 is 1.41 bits per heavy atom. The van der Waals surface area contributed by atoms with Gasteiger partial charge in [-0.2, -0.15) is 8.42 Å². The van der Waals surface area contributed by atoms with Crippen LogP contribution in [-0.4, -0.2) is 53.8 Å². The molecule has 0 aliphatic rings. The minimum atomic E-state index is -4.58. The quantitative estimate of drug-likeness (QED) is 0.150. The van der Waals surface area contributed by atoms with Crippen LogP contribution in [0.4, 0.5) is 4.79 Å². The maximum absolute atomic E-state index is 13.1. The number of amides is 1. The van der Waals surface area contributed by atoms with Crippen molar-refractivity contribution in [2.75, 3.05) is 12.9 Å². The minimum absolute atomic E-state index is 0.148. The normalized spacial score (nSPS) is 12.6. The Hall–Kier alpha value is -4.63. The predicted molar refractivity (Wildman–Crippen MR) is 163 cm³/mol. The molecule has 0 saturated heterocycles. The van der Waals surface area contributed by atoms with Crippen LogP contribution in [0.2, 0.25) is 0 Å². The third-order valence-corrected chi connectivity index (χ3v) is 9.21. The van der Waals surface area contributed by atoms with Gasteiger partial charge in [0.25, 0.3) is 10.0 Å². The first-order valence-corrected chi connectivity index (χ1v) is 16.2. The van der Waals surface area contributed by atoms with Crippen LogP contribution in [-0.2, 0) is 47.5 Å². The lowest BCUT2D eigenvalue weighted by molar-refractivity contribution is -0.146. The van der Waals surface area contributed by atoms with Crippen LogP contribution in [0, 0.1) is 20.8 Å². The fourth-order valence-electron chi connectivity index (χ4n) is 4.15. The smallest absolute Gasteiger partial charge is 0.408 e. The van der Waals surface area contributed by atoms with E-state index in [9.17, 15) is 26.4 Å². The first kappa shape index (κ1) is 33.9. The molecule has 0 fully saturated rings. The first-order chi connectivity index (χ1) is 20.7. The average molecular weight is 647 g/mol. The number of hydrogen-bond donors (Lipinski definition) is 3. The van der Waals surface area contributed by atoms with E-state index in [2.05, 4.69) is 9.71 Å². The molecule has 3 aromatic rings. The number of rotatable bonds is 12. The topological polar surface area (TPSA) is 193 Å². The number of nitrogens with zero attached hydrogens (tertiary/aromatic N) is 1. The molecule has 13 nitrogen and oxygen atoms in total. The molecule has 0 saturated carbocycles. The van der Waals surface area contributed by atoms with Crippen molar-refractivity contribution < 1.29 is 40.6 Å². The second-order valence-corrected chi connectivity index (χ2v) is 13.0. The number of carbonyl (C=O) groups is 2. The summed E-state index contributed by atoms with van der Waals surface area (Å²) in [5.74, 6) is -2.66. The van der Waals surface area contributed by atoms with Gasteiger partial charge in [-0.15, -0.1) is 4.40 Å². The van der Waals surface area contributed by atoms with Crippen molar-refractivity contribution in [3.8, 4) is 5.75 Å². The lowest BCUT2D eigenvalue weighted by Crippen LogP contribution is -2.50. The highest BCUT2D eigenvalue weighted by atomic mass is 32.2. The number of ether oxygens (including phenoxy) is 3. The van der Waals surface area contributed by atoms with Gasteiger partial charge < -0.3 is 25.3 Å². The third-order valence-electron chi connectivity index (χ3n) is 6.33. The molecular formula is C29H34N4O9S2. The maximum atomic E-state index is 13.1. The summed E-state index contributed by atoms with van der Waals surface area (Å²) >= 11 is 0. The van der Waals surface area contributed by atoms with Crippen molar-refractivity contribution in [3.05, 3.63) is 94.5 Å². The second kappa shape index (κ2) is 14.7. The predicted octanol–water partition coefficient (Wildman–Crippen LogP) is 2.58. The van der Waals surface area contributed by atoms with E-state index in [0.29, 0.717) is 33.6 Å². The summed E-state index contributed by atoms with van der Waals surface area (Å²) in [4.78, 5) is 25.2. The zero-order valence-electron chi connectivity index (χ0n) is 24.6. The van der Waals surface area contributed by atoms with E-state index in [4.69, 9.17) is 19.9 Å². The summed E-state index contributed by atoms with van der Waals surface area (Å²) in [6.45, 7) is 4.40. The molecule has 4 N–H and O–H groups in total. The van der Waals surface area contributed by atoms with E-state index >= 15 is 0 Å². The Kier molecular flexibility index (Phi) is 11.3.